The lowest BCUT2D eigenvalue weighted by molar-refractivity contribution is 0.0192. The Morgan fingerprint density at radius 2 is 1.65 bits per heavy atom. The molecule has 0 aliphatic carbocycles. The van der Waals surface area contributed by atoms with Crippen molar-refractivity contribution in [1.29, 1.82) is 0 Å². The van der Waals surface area contributed by atoms with E-state index < -0.39 is 8.80 Å². The number of hydrogen-bond acceptors (Lipinski definition) is 5. The first kappa shape index (κ1) is 21.1. The molecule has 3 unspecified atom stereocenters. The van der Waals surface area contributed by atoms with Crippen LogP contribution in [0.5, 0.6) is 0 Å². The lowest BCUT2D eigenvalue weighted by Gasteiger charge is -2.32. The number of hydrogen-bond donors (Lipinski definition) is 0. The summed E-state index contributed by atoms with van der Waals surface area (Å²) in [5.74, 6) is 0. The van der Waals surface area contributed by atoms with Crippen LogP contribution in [0, 0.1) is 0 Å². The van der Waals surface area contributed by atoms with Crippen LogP contribution in [0.3, 0.4) is 0 Å². The molecule has 0 spiro atoms. The average molecular weight is 349 g/mol. The van der Waals surface area contributed by atoms with Crippen molar-refractivity contribution in [2.75, 3.05) is 26.4 Å². The van der Waals surface area contributed by atoms with E-state index in [1.807, 2.05) is 0 Å². The smallest absolute Gasteiger partial charge is 0.376 e. The van der Waals surface area contributed by atoms with Gasteiger partial charge in [0.15, 0.2) is 0 Å². The molecule has 1 saturated heterocycles. The molecule has 0 saturated carbocycles. The van der Waals surface area contributed by atoms with Crippen molar-refractivity contribution in [3.8, 4) is 0 Å². The molecule has 6 heteroatoms. The highest BCUT2D eigenvalue weighted by Gasteiger charge is 2.42. The SMILES string of the molecule is CCCO[Si](CCC(C)OCC1CO1)(OCCC)OC(C)CC. The minimum absolute atomic E-state index is 0.159. The maximum atomic E-state index is 6.29. The highest BCUT2D eigenvalue weighted by atomic mass is 28.4. The van der Waals surface area contributed by atoms with Gasteiger partial charge in [-0.1, -0.05) is 20.8 Å². The Morgan fingerprint density at radius 3 is 2.13 bits per heavy atom. The molecule has 0 radical (unpaired) electrons. The molecule has 0 N–H and O–H groups in total. The summed E-state index contributed by atoms with van der Waals surface area (Å²) in [4.78, 5) is 0. The maximum Gasteiger partial charge on any atom is 0.501 e. The molecule has 5 nitrogen and oxygen atoms in total. The van der Waals surface area contributed by atoms with E-state index >= 15 is 0 Å². The summed E-state index contributed by atoms with van der Waals surface area (Å²) < 4.78 is 29.6. The number of ether oxygens (including phenoxy) is 2. The fraction of sp³-hybridized carbons (Fsp3) is 1.00. The lowest BCUT2D eigenvalue weighted by Crippen LogP contribution is -2.48. The molecule has 3 atom stereocenters. The summed E-state index contributed by atoms with van der Waals surface area (Å²) in [5, 5.41) is 0. The Bertz CT molecular complexity index is 291. The van der Waals surface area contributed by atoms with Gasteiger partial charge in [0, 0.05) is 25.4 Å². The van der Waals surface area contributed by atoms with Crippen LogP contribution in [0.4, 0.5) is 0 Å². The van der Waals surface area contributed by atoms with E-state index in [1.165, 1.54) is 0 Å². The molecule has 23 heavy (non-hydrogen) atoms. The zero-order chi connectivity index (χ0) is 17.1. The highest BCUT2D eigenvalue weighted by molar-refractivity contribution is 6.60. The van der Waals surface area contributed by atoms with Crippen molar-refractivity contribution < 1.29 is 22.8 Å². The topological polar surface area (TPSA) is 49.5 Å². The van der Waals surface area contributed by atoms with Gasteiger partial charge >= 0.3 is 8.80 Å². The molecule has 0 bridgehead atoms. The minimum atomic E-state index is -2.64. The quantitative estimate of drug-likeness (QED) is 0.333. The Balaban J connectivity index is 2.55. The summed E-state index contributed by atoms with van der Waals surface area (Å²) in [7, 11) is -2.64. The van der Waals surface area contributed by atoms with Gasteiger partial charge in [-0.15, -0.1) is 0 Å². The normalized spacial score (nSPS) is 20.5. The van der Waals surface area contributed by atoms with Gasteiger partial charge in [0.1, 0.15) is 6.10 Å². The van der Waals surface area contributed by atoms with Crippen molar-refractivity contribution in [3.05, 3.63) is 0 Å². The van der Waals surface area contributed by atoms with E-state index in [0.29, 0.717) is 25.9 Å². The molecule has 1 heterocycles. The molecule has 1 aliphatic rings. The average Bonchev–Trinajstić information content (AvgIpc) is 3.38. The van der Waals surface area contributed by atoms with E-state index in [-0.39, 0.29) is 12.2 Å². The second-order valence-electron chi connectivity index (χ2n) is 6.35. The van der Waals surface area contributed by atoms with E-state index in [9.17, 15) is 0 Å². The lowest BCUT2D eigenvalue weighted by atomic mass is 10.3. The third kappa shape index (κ3) is 9.17. The summed E-state index contributed by atoms with van der Waals surface area (Å²) in [6.07, 6.45) is 4.43. The summed E-state index contributed by atoms with van der Waals surface area (Å²) in [6, 6.07) is 0.810. The zero-order valence-corrected chi connectivity index (χ0v) is 16.6. The van der Waals surface area contributed by atoms with Crippen molar-refractivity contribution in [1.82, 2.24) is 0 Å². The van der Waals surface area contributed by atoms with Gasteiger partial charge in [0.25, 0.3) is 0 Å². The Morgan fingerprint density at radius 1 is 1.04 bits per heavy atom. The molecule has 0 aromatic rings. The van der Waals surface area contributed by atoms with Gasteiger partial charge in [0.05, 0.1) is 19.3 Å². The van der Waals surface area contributed by atoms with Crippen LogP contribution < -0.4 is 0 Å². The fourth-order valence-electron chi connectivity index (χ4n) is 2.12. The minimum Gasteiger partial charge on any atom is -0.376 e. The third-order valence-electron chi connectivity index (χ3n) is 3.83. The Hall–Kier alpha value is 0.0169. The van der Waals surface area contributed by atoms with Crippen LogP contribution in [-0.4, -0.2) is 53.5 Å². The van der Waals surface area contributed by atoms with Crippen LogP contribution in [-0.2, 0) is 22.8 Å². The summed E-state index contributed by atoms with van der Waals surface area (Å²) in [6.45, 7) is 13.5. The van der Waals surface area contributed by atoms with Crippen molar-refractivity contribution in [3.63, 3.8) is 0 Å². The zero-order valence-electron chi connectivity index (χ0n) is 15.6. The highest BCUT2D eigenvalue weighted by Crippen LogP contribution is 2.24. The Labute approximate surface area is 143 Å². The second kappa shape index (κ2) is 11.6. The third-order valence-corrected chi connectivity index (χ3v) is 6.78. The first-order valence-electron chi connectivity index (χ1n) is 9.24. The van der Waals surface area contributed by atoms with Gasteiger partial charge < -0.3 is 22.8 Å². The number of rotatable bonds is 15. The van der Waals surface area contributed by atoms with E-state index in [1.54, 1.807) is 0 Å². The van der Waals surface area contributed by atoms with Crippen molar-refractivity contribution >= 4 is 8.80 Å². The molecule has 1 rings (SSSR count). The van der Waals surface area contributed by atoms with Crippen LogP contribution >= 0.6 is 0 Å². The summed E-state index contributed by atoms with van der Waals surface area (Å²) in [5.41, 5.74) is 0. The molecule has 0 aromatic carbocycles. The van der Waals surface area contributed by atoms with Gasteiger partial charge in [-0.05, 0) is 39.5 Å². The number of epoxide rings is 1. The predicted octanol–water partition coefficient (Wildman–Crippen LogP) is 3.79. The van der Waals surface area contributed by atoms with Crippen LogP contribution in [0.15, 0.2) is 0 Å². The van der Waals surface area contributed by atoms with Gasteiger partial charge in [-0.25, -0.2) is 0 Å². The molecule has 0 amide bonds. The van der Waals surface area contributed by atoms with E-state index in [2.05, 4.69) is 34.6 Å². The molecular weight excluding hydrogens is 312 g/mol. The Kier molecular flexibility index (Phi) is 10.6. The first-order chi connectivity index (χ1) is 11.0. The molecule has 1 aliphatic heterocycles. The monoisotopic (exact) mass is 348 g/mol. The first-order valence-corrected chi connectivity index (χ1v) is 11.2. The van der Waals surface area contributed by atoms with Crippen LogP contribution in [0.1, 0.15) is 60.3 Å². The molecular formula is C17H36O5Si. The van der Waals surface area contributed by atoms with Gasteiger partial charge in [-0.2, -0.15) is 0 Å². The van der Waals surface area contributed by atoms with Gasteiger partial charge in [0.2, 0.25) is 0 Å². The van der Waals surface area contributed by atoms with E-state index in [4.69, 9.17) is 22.8 Å². The maximum absolute atomic E-state index is 6.29. The predicted molar refractivity (Wildman–Crippen MR) is 93.7 cm³/mol. The molecule has 138 valence electrons. The largest absolute Gasteiger partial charge is 0.501 e. The molecule has 1 fully saturated rings. The molecule has 0 aromatic heterocycles. The van der Waals surface area contributed by atoms with Gasteiger partial charge in [-0.3, -0.25) is 0 Å². The second-order valence-corrected chi connectivity index (χ2v) is 9.03. The standard InChI is InChI=1S/C17H36O5Si/c1-6-10-20-23(21-11-7-2,22-15(4)8-3)12-9-16(5)18-13-17-14-19-17/h15-17H,6-14H2,1-5H3. The van der Waals surface area contributed by atoms with Crippen LogP contribution in [0.2, 0.25) is 6.04 Å². The van der Waals surface area contributed by atoms with Crippen LogP contribution in [0.25, 0.3) is 0 Å². The van der Waals surface area contributed by atoms with Crippen molar-refractivity contribution in [2.24, 2.45) is 0 Å². The fourth-order valence-corrected chi connectivity index (χ4v) is 5.31. The van der Waals surface area contributed by atoms with Crippen molar-refractivity contribution in [2.45, 2.75) is 84.7 Å². The van der Waals surface area contributed by atoms with E-state index in [0.717, 1.165) is 38.3 Å². The summed E-state index contributed by atoms with van der Waals surface area (Å²) >= 11 is 0.